The van der Waals surface area contributed by atoms with E-state index in [-0.39, 0.29) is 12.5 Å². The Hall–Kier alpha value is -1.66. The van der Waals surface area contributed by atoms with Crippen LogP contribution in [0.4, 0.5) is 0 Å². The highest BCUT2D eigenvalue weighted by molar-refractivity contribution is 7.13. The molecule has 0 saturated heterocycles. The van der Waals surface area contributed by atoms with Crippen molar-refractivity contribution in [2.75, 3.05) is 6.61 Å². The van der Waals surface area contributed by atoms with Gasteiger partial charge in [0.2, 0.25) is 0 Å². The van der Waals surface area contributed by atoms with Crippen molar-refractivity contribution in [3.63, 3.8) is 0 Å². The number of nitrogens with one attached hydrogen (secondary N) is 1. The molecule has 102 valence electrons. The normalized spacial score (nSPS) is 11.5. The number of rotatable bonds is 5. The summed E-state index contributed by atoms with van der Waals surface area (Å²) in [6.45, 7) is 3.75. The molecule has 2 N–H and O–H groups in total. The summed E-state index contributed by atoms with van der Waals surface area (Å²) in [4.78, 5) is 16.3. The Morgan fingerprint density at radius 3 is 3.00 bits per heavy atom. The maximum Gasteiger partial charge on any atom is 0.271 e. The molecule has 2 heterocycles. The van der Waals surface area contributed by atoms with Gasteiger partial charge in [-0.05, 0) is 32.4 Å². The van der Waals surface area contributed by atoms with E-state index in [1.807, 2.05) is 13.8 Å². The lowest BCUT2D eigenvalue weighted by Crippen LogP contribution is -2.44. The largest absolute Gasteiger partial charge is 0.462 e. The monoisotopic (exact) mass is 280 g/mol. The van der Waals surface area contributed by atoms with Crippen molar-refractivity contribution in [3.05, 3.63) is 29.5 Å². The molecule has 0 spiro atoms. The highest BCUT2D eigenvalue weighted by Gasteiger charge is 2.22. The van der Waals surface area contributed by atoms with Crippen LogP contribution in [0.1, 0.15) is 30.8 Å². The van der Waals surface area contributed by atoms with E-state index < -0.39 is 5.54 Å². The third-order valence-electron chi connectivity index (χ3n) is 2.66. The van der Waals surface area contributed by atoms with Crippen LogP contribution in [0.3, 0.4) is 0 Å². The minimum Gasteiger partial charge on any atom is -0.462 e. The molecule has 2 aromatic heterocycles. The molecule has 0 bridgehead atoms. The molecule has 2 aromatic rings. The number of hydrogen-bond donors (Lipinski definition) is 2. The molecule has 19 heavy (non-hydrogen) atoms. The lowest BCUT2D eigenvalue weighted by atomic mass is 10.0. The first-order valence-electron chi connectivity index (χ1n) is 5.94. The molecular formula is C13H16N2O3S. The first-order valence-corrected chi connectivity index (χ1v) is 6.82. The van der Waals surface area contributed by atoms with E-state index in [0.717, 1.165) is 0 Å². The second kappa shape index (κ2) is 5.54. The van der Waals surface area contributed by atoms with Gasteiger partial charge in [0, 0.05) is 17.5 Å². The van der Waals surface area contributed by atoms with Gasteiger partial charge in [0.1, 0.15) is 5.69 Å². The SMILES string of the molecule is CC(C)(CCO)NC(=O)c1csc(-c2ccco2)n1. The fraction of sp³-hybridized carbons (Fsp3) is 0.385. The van der Waals surface area contributed by atoms with Crippen LogP contribution in [0, 0.1) is 0 Å². The molecule has 1 amide bonds. The maximum atomic E-state index is 12.0. The fourth-order valence-electron chi connectivity index (χ4n) is 1.60. The molecule has 2 rings (SSSR count). The van der Waals surface area contributed by atoms with E-state index in [2.05, 4.69) is 10.3 Å². The smallest absolute Gasteiger partial charge is 0.271 e. The molecule has 0 atom stereocenters. The van der Waals surface area contributed by atoms with E-state index in [1.165, 1.54) is 11.3 Å². The van der Waals surface area contributed by atoms with Gasteiger partial charge >= 0.3 is 0 Å². The highest BCUT2D eigenvalue weighted by atomic mass is 32.1. The lowest BCUT2D eigenvalue weighted by Gasteiger charge is -2.24. The first kappa shape index (κ1) is 13.8. The number of nitrogens with zero attached hydrogens (tertiary/aromatic N) is 1. The minimum atomic E-state index is -0.458. The number of thiazole rings is 1. The third kappa shape index (κ3) is 3.42. The number of aliphatic hydroxyl groups excluding tert-OH is 1. The number of aliphatic hydroxyl groups is 1. The van der Waals surface area contributed by atoms with Crippen molar-refractivity contribution >= 4 is 17.2 Å². The van der Waals surface area contributed by atoms with Crippen molar-refractivity contribution < 1.29 is 14.3 Å². The third-order valence-corrected chi connectivity index (χ3v) is 3.51. The Morgan fingerprint density at radius 1 is 1.58 bits per heavy atom. The average Bonchev–Trinajstić information content (AvgIpc) is 2.99. The zero-order valence-corrected chi connectivity index (χ0v) is 11.7. The summed E-state index contributed by atoms with van der Waals surface area (Å²) in [5.74, 6) is 0.408. The maximum absolute atomic E-state index is 12.0. The number of furan rings is 1. The molecular weight excluding hydrogens is 264 g/mol. The Kier molecular flexibility index (Phi) is 4.01. The highest BCUT2D eigenvalue weighted by Crippen LogP contribution is 2.24. The van der Waals surface area contributed by atoms with E-state index in [4.69, 9.17) is 9.52 Å². The second-order valence-corrected chi connectivity index (χ2v) is 5.68. The predicted molar refractivity (Wildman–Crippen MR) is 73.1 cm³/mol. The van der Waals surface area contributed by atoms with Gasteiger partial charge in [-0.15, -0.1) is 11.3 Å². The molecule has 0 aliphatic heterocycles. The summed E-state index contributed by atoms with van der Waals surface area (Å²) in [7, 11) is 0. The molecule has 0 aliphatic rings. The summed E-state index contributed by atoms with van der Waals surface area (Å²) in [6, 6.07) is 3.58. The van der Waals surface area contributed by atoms with Gasteiger partial charge in [-0.1, -0.05) is 0 Å². The van der Waals surface area contributed by atoms with Gasteiger partial charge in [-0.25, -0.2) is 4.98 Å². The van der Waals surface area contributed by atoms with Crippen LogP contribution >= 0.6 is 11.3 Å². The quantitative estimate of drug-likeness (QED) is 0.881. The van der Waals surface area contributed by atoms with E-state index in [0.29, 0.717) is 22.9 Å². The zero-order valence-electron chi connectivity index (χ0n) is 10.8. The number of hydrogen-bond acceptors (Lipinski definition) is 5. The van der Waals surface area contributed by atoms with Crippen molar-refractivity contribution in [1.29, 1.82) is 0 Å². The second-order valence-electron chi connectivity index (χ2n) is 4.83. The fourth-order valence-corrected chi connectivity index (χ4v) is 2.37. The van der Waals surface area contributed by atoms with Crippen LogP contribution in [-0.4, -0.2) is 28.1 Å². The van der Waals surface area contributed by atoms with Gasteiger partial charge in [0.05, 0.1) is 6.26 Å². The molecule has 0 aliphatic carbocycles. The number of carbonyl (C=O) groups excluding carboxylic acids is 1. The summed E-state index contributed by atoms with van der Waals surface area (Å²) in [5.41, 5.74) is -0.0947. The van der Waals surface area contributed by atoms with Crippen LogP contribution in [0.25, 0.3) is 10.8 Å². The molecule has 6 heteroatoms. The van der Waals surface area contributed by atoms with E-state index in [1.54, 1.807) is 23.8 Å². The number of aromatic nitrogens is 1. The summed E-state index contributed by atoms with van der Waals surface area (Å²) in [6.07, 6.45) is 2.06. The average molecular weight is 280 g/mol. The van der Waals surface area contributed by atoms with E-state index >= 15 is 0 Å². The Bertz CT molecular complexity index is 546. The molecule has 0 radical (unpaired) electrons. The number of carbonyl (C=O) groups is 1. The Labute approximate surface area is 115 Å². The van der Waals surface area contributed by atoms with Gasteiger partial charge < -0.3 is 14.8 Å². The van der Waals surface area contributed by atoms with Gasteiger partial charge in [0.15, 0.2) is 10.8 Å². The molecule has 0 aromatic carbocycles. The minimum absolute atomic E-state index is 0.0298. The van der Waals surface area contributed by atoms with Gasteiger partial charge in [-0.2, -0.15) is 0 Å². The molecule has 0 saturated carbocycles. The van der Waals surface area contributed by atoms with Crippen LogP contribution in [0.5, 0.6) is 0 Å². The topological polar surface area (TPSA) is 75.4 Å². The summed E-state index contributed by atoms with van der Waals surface area (Å²) >= 11 is 1.36. The van der Waals surface area contributed by atoms with Crippen molar-refractivity contribution in [3.8, 4) is 10.8 Å². The van der Waals surface area contributed by atoms with Crippen LogP contribution in [-0.2, 0) is 0 Å². The molecule has 5 nitrogen and oxygen atoms in total. The Balaban J connectivity index is 2.08. The van der Waals surface area contributed by atoms with E-state index in [9.17, 15) is 4.79 Å². The Morgan fingerprint density at radius 2 is 2.37 bits per heavy atom. The van der Waals surface area contributed by atoms with Gasteiger partial charge in [-0.3, -0.25) is 4.79 Å². The summed E-state index contributed by atoms with van der Waals surface area (Å²) in [5, 5.41) is 14.2. The number of amides is 1. The lowest BCUT2D eigenvalue weighted by molar-refractivity contribution is 0.0895. The van der Waals surface area contributed by atoms with Crippen LogP contribution in [0.15, 0.2) is 28.2 Å². The van der Waals surface area contributed by atoms with Crippen LogP contribution < -0.4 is 5.32 Å². The molecule has 0 unspecified atom stereocenters. The van der Waals surface area contributed by atoms with Crippen molar-refractivity contribution in [1.82, 2.24) is 10.3 Å². The van der Waals surface area contributed by atoms with Crippen molar-refractivity contribution in [2.24, 2.45) is 0 Å². The standard InChI is InChI=1S/C13H16N2O3S/c1-13(2,5-6-16)15-11(17)9-8-19-12(14-9)10-4-3-7-18-10/h3-4,7-8,16H,5-6H2,1-2H3,(H,15,17). The summed E-state index contributed by atoms with van der Waals surface area (Å²) < 4.78 is 5.24. The predicted octanol–water partition coefficient (Wildman–Crippen LogP) is 2.29. The van der Waals surface area contributed by atoms with Crippen molar-refractivity contribution in [2.45, 2.75) is 25.8 Å². The molecule has 0 fully saturated rings. The van der Waals surface area contributed by atoms with Gasteiger partial charge in [0.25, 0.3) is 5.91 Å². The first-order chi connectivity index (χ1) is 9.02. The zero-order chi connectivity index (χ0) is 13.9. The van der Waals surface area contributed by atoms with Crippen LogP contribution in [0.2, 0.25) is 0 Å².